The van der Waals surface area contributed by atoms with Crippen LogP contribution in [0, 0.1) is 5.82 Å². The van der Waals surface area contributed by atoms with Gasteiger partial charge in [0.15, 0.2) is 0 Å². The molecule has 0 saturated heterocycles. The van der Waals surface area contributed by atoms with Crippen molar-refractivity contribution >= 4 is 41.6 Å². The third-order valence-electron chi connectivity index (χ3n) is 2.32. The van der Waals surface area contributed by atoms with Gasteiger partial charge in [-0.2, -0.15) is 0 Å². The van der Waals surface area contributed by atoms with E-state index in [0.29, 0.717) is 0 Å². The van der Waals surface area contributed by atoms with Gasteiger partial charge in [0.1, 0.15) is 16.5 Å². The maximum Gasteiger partial charge on any atom is 0.264 e. The topological polar surface area (TPSA) is 63.7 Å². The van der Waals surface area contributed by atoms with Gasteiger partial charge in [0.05, 0.1) is 17.5 Å². The molecule has 0 aromatic heterocycles. The average Bonchev–Trinajstić information content (AvgIpc) is 2.31. The Labute approximate surface area is 129 Å². The summed E-state index contributed by atoms with van der Waals surface area (Å²) in [7, 11) is 4.14. The maximum atomic E-state index is 13.6. The van der Waals surface area contributed by atoms with Crippen molar-refractivity contribution in [2.45, 2.75) is 11.3 Å². The van der Waals surface area contributed by atoms with E-state index in [4.69, 9.17) is 15.4 Å². The molecule has 0 unspecified atom stereocenters. The molecule has 1 rings (SSSR count). The Kier molecular flexibility index (Phi) is 5.79. The first-order valence-corrected chi connectivity index (χ1v) is 8.50. The van der Waals surface area contributed by atoms with Crippen molar-refractivity contribution in [3.05, 3.63) is 22.4 Å². The molecule has 0 N–H and O–H groups in total. The molecule has 9 heteroatoms. The molecule has 0 spiro atoms. The summed E-state index contributed by atoms with van der Waals surface area (Å²) in [6.07, 6.45) is 0.122. The van der Waals surface area contributed by atoms with E-state index in [1.165, 1.54) is 4.90 Å². The summed E-state index contributed by atoms with van der Waals surface area (Å²) in [6, 6.07) is 1.92. The molecular formula is C11H12BrClFNO4S. The van der Waals surface area contributed by atoms with Gasteiger partial charge in [-0.05, 0) is 22.0 Å². The number of carbonyl (C=O) groups excluding carboxylic acids is 1. The van der Waals surface area contributed by atoms with E-state index in [1.54, 1.807) is 14.1 Å². The minimum absolute atomic E-state index is 0.0437. The molecule has 0 bridgehead atoms. The lowest BCUT2D eigenvalue weighted by molar-refractivity contribution is -0.129. The maximum absolute atomic E-state index is 13.6. The molecule has 5 nitrogen and oxygen atoms in total. The van der Waals surface area contributed by atoms with Crippen molar-refractivity contribution in [1.82, 2.24) is 4.90 Å². The van der Waals surface area contributed by atoms with Crippen molar-refractivity contribution in [3.63, 3.8) is 0 Å². The van der Waals surface area contributed by atoms with Gasteiger partial charge in [-0.25, -0.2) is 12.8 Å². The van der Waals surface area contributed by atoms with Gasteiger partial charge in [-0.1, -0.05) is 0 Å². The zero-order valence-electron chi connectivity index (χ0n) is 10.7. The van der Waals surface area contributed by atoms with Crippen LogP contribution in [0.5, 0.6) is 5.75 Å². The van der Waals surface area contributed by atoms with Crippen molar-refractivity contribution in [3.8, 4) is 5.75 Å². The molecule has 0 aliphatic heterocycles. The van der Waals surface area contributed by atoms with E-state index >= 15 is 0 Å². The zero-order valence-corrected chi connectivity index (χ0v) is 13.8. The molecule has 0 radical (unpaired) electrons. The predicted octanol–water partition coefficient (Wildman–Crippen LogP) is 2.37. The summed E-state index contributed by atoms with van der Waals surface area (Å²) in [5.41, 5.74) is 0. The largest absolute Gasteiger partial charge is 0.492 e. The van der Waals surface area contributed by atoms with Crippen LogP contribution in [-0.4, -0.2) is 39.9 Å². The second kappa shape index (κ2) is 6.73. The van der Waals surface area contributed by atoms with Crippen LogP contribution >= 0.6 is 26.6 Å². The number of nitrogens with zero attached hydrogens (tertiary/aromatic N) is 1. The van der Waals surface area contributed by atoms with E-state index in [9.17, 15) is 17.6 Å². The lowest BCUT2D eigenvalue weighted by Gasteiger charge is -2.12. The minimum Gasteiger partial charge on any atom is -0.492 e. The number of hydrogen-bond donors (Lipinski definition) is 0. The monoisotopic (exact) mass is 387 g/mol. The minimum atomic E-state index is -4.17. The average molecular weight is 389 g/mol. The summed E-state index contributed by atoms with van der Waals surface area (Å²) >= 11 is 3.06. The van der Waals surface area contributed by atoms with Crippen molar-refractivity contribution in [2.75, 3.05) is 20.7 Å². The highest BCUT2D eigenvalue weighted by Gasteiger charge is 2.19. The van der Waals surface area contributed by atoms with E-state index in [1.807, 2.05) is 0 Å². The van der Waals surface area contributed by atoms with E-state index in [-0.39, 0.29) is 29.2 Å². The smallest absolute Gasteiger partial charge is 0.264 e. The van der Waals surface area contributed by atoms with Crippen molar-refractivity contribution in [1.29, 1.82) is 0 Å². The Morgan fingerprint density at radius 2 is 2.05 bits per heavy atom. The molecular weight excluding hydrogens is 377 g/mol. The van der Waals surface area contributed by atoms with Gasteiger partial charge in [-0.15, -0.1) is 0 Å². The first kappa shape index (κ1) is 17.2. The number of ether oxygens (including phenoxy) is 1. The third-order valence-corrected chi connectivity index (χ3v) is 4.28. The fourth-order valence-corrected chi connectivity index (χ4v) is 2.79. The van der Waals surface area contributed by atoms with Gasteiger partial charge in [0.25, 0.3) is 9.05 Å². The number of amides is 1. The lowest BCUT2D eigenvalue weighted by atomic mass is 10.3. The molecule has 1 aromatic carbocycles. The highest BCUT2D eigenvalue weighted by atomic mass is 79.9. The van der Waals surface area contributed by atoms with Gasteiger partial charge in [-0.3, -0.25) is 4.79 Å². The summed E-state index contributed by atoms with van der Waals surface area (Å²) in [6.45, 7) is 0.0437. The molecule has 0 atom stereocenters. The third kappa shape index (κ3) is 4.60. The van der Waals surface area contributed by atoms with E-state index < -0.39 is 19.8 Å². The Morgan fingerprint density at radius 3 is 2.55 bits per heavy atom. The molecule has 1 aromatic rings. The zero-order chi connectivity index (χ0) is 15.5. The lowest BCUT2D eigenvalue weighted by Crippen LogP contribution is -2.23. The number of rotatable bonds is 5. The van der Waals surface area contributed by atoms with Crippen LogP contribution in [0.1, 0.15) is 6.42 Å². The predicted molar refractivity (Wildman–Crippen MR) is 75.9 cm³/mol. The molecule has 1 amide bonds. The second-order valence-corrected chi connectivity index (χ2v) is 7.43. The standard InChI is InChI=1S/C11H12BrClFNO4S/c1-15(2)11(16)3-4-19-9-6-8(14)10(5-7(9)12)20(13,17)18/h5-6H,3-4H2,1-2H3. The Bertz CT molecular complexity index is 621. The van der Waals surface area contributed by atoms with Gasteiger partial charge < -0.3 is 9.64 Å². The highest BCUT2D eigenvalue weighted by molar-refractivity contribution is 9.10. The van der Waals surface area contributed by atoms with Crippen LogP contribution < -0.4 is 4.74 Å². The van der Waals surface area contributed by atoms with Crippen molar-refractivity contribution < 1.29 is 22.3 Å². The number of hydrogen-bond acceptors (Lipinski definition) is 4. The first-order chi connectivity index (χ1) is 9.12. The van der Waals surface area contributed by atoms with Crippen LogP contribution in [-0.2, 0) is 13.8 Å². The van der Waals surface area contributed by atoms with Crippen LogP contribution in [0.2, 0.25) is 0 Å². The van der Waals surface area contributed by atoms with Gasteiger partial charge in [0, 0.05) is 30.8 Å². The molecule has 0 saturated carbocycles. The van der Waals surface area contributed by atoms with Gasteiger partial charge >= 0.3 is 0 Å². The fraction of sp³-hybridized carbons (Fsp3) is 0.364. The Hall–Kier alpha value is -0.860. The van der Waals surface area contributed by atoms with Gasteiger partial charge in [0.2, 0.25) is 5.91 Å². The molecule has 0 heterocycles. The van der Waals surface area contributed by atoms with Crippen LogP contribution in [0.25, 0.3) is 0 Å². The normalized spacial score (nSPS) is 11.2. The summed E-state index contributed by atoms with van der Waals surface area (Å²) in [5.74, 6) is -1.06. The molecule has 112 valence electrons. The summed E-state index contributed by atoms with van der Waals surface area (Å²) in [5, 5.41) is 0. The van der Waals surface area contributed by atoms with Crippen LogP contribution in [0.4, 0.5) is 4.39 Å². The van der Waals surface area contributed by atoms with Crippen LogP contribution in [0.15, 0.2) is 21.5 Å². The molecule has 0 aliphatic rings. The van der Waals surface area contributed by atoms with Crippen molar-refractivity contribution in [2.24, 2.45) is 0 Å². The number of halogens is 3. The second-order valence-electron chi connectivity index (χ2n) is 4.04. The number of carbonyl (C=O) groups is 1. The van der Waals surface area contributed by atoms with E-state index in [0.717, 1.165) is 12.1 Å². The Morgan fingerprint density at radius 1 is 1.45 bits per heavy atom. The van der Waals surface area contributed by atoms with Crippen LogP contribution in [0.3, 0.4) is 0 Å². The quantitative estimate of drug-likeness (QED) is 0.727. The SMILES string of the molecule is CN(C)C(=O)CCOc1cc(F)c(S(=O)(=O)Cl)cc1Br. The summed E-state index contributed by atoms with van der Waals surface area (Å²) < 4.78 is 41.3. The molecule has 20 heavy (non-hydrogen) atoms. The first-order valence-electron chi connectivity index (χ1n) is 5.39. The number of benzene rings is 1. The highest BCUT2D eigenvalue weighted by Crippen LogP contribution is 2.31. The molecule has 0 aliphatic carbocycles. The Balaban J connectivity index is 2.84. The molecule has 0 fully saturated rings. The van der Waals surface area contributed by atoms with E-state index in [2.05, 4.69) is 15.9 Å². The fourth-order valence-electron chi connectivity index (χ4n) is 1.28. The summed E-state index contributed by atoms with van der Waals surface area (Å²) in [4.78, 5) is 12.1.